The van der Waals surface area contributed by atoms with Crippen LogP contribution >= 0.6 is 0 Å². The fourth-order valence-corrected chi connectivity index (χ4v) is 2.12. The molecule has 1 aliphatic carbocycles. The van der Waals surface area contributed by atoms with E-state index in [1.165, 1.54) is 32.1 Å². The van der Waals surface area contributed by atoms with E-state index in [9.17, 15) is 0 Å². The molecule has 1 aliphatic rings. The summed E-state index contributed by atoms with van der Waals surface area (Å²) < 4.78 is 0. The molecular weight excluding hydrogens is 134 g/mol. The first-order valence-electron chi connectivity index (χ1n) is 4.99. The van der Waals surface area contributed by atoms with Gasteiger partial charge in [0.25, 0.3) is 0 Å². The van der Waals surface area contributed by atoms with Gasteiger partial charge >= 0.3 is 0 Å². The van der Waals surface area contributed by atoms with Gasteiger partial charge in [-0.05, 0) is 24.7 Å². The Balaban J connectivity index is 2.28. The molecule has 0 spiro atoms. The van der Waals surface area contributed by atoms with Crippen LogP contribution in [0.1, 0.15) is 46.0 Å². The third-order valence-corrected chi connectivity index (χ3v) is 3.06. The van der Waals surface area contributed by atoms with Crippen LogP contribution in [0.2, 0.25) is 0 Å². The summed E-state index contributed by atoms with van der Waals surface area (Å²) in [6, 6.07) is 0.486. The van der Waals surface area contributed by atoms with Gasteiger partial charge in [0.1, 0.15) is 0 Å². The van der Waals surface area contributed by atoms with E-state index < -0.39 is 0 Å². The minimum Gasteiger partial charge on any atom is -0.327 e. The first-order valence-corrected chi connectivity index (χ1v) is 4.99. The average molecular weight is 155 g/mol. The fourth-order valence-electron chi connectivity index (χ4n) is 2.12. The molecule has 1 rings (SSSR count). The summed E-state index contributed by atoms with van der Waals surface area (Å²) in [5, 5.41) is 0. The average Bonchev–Trinajstić information content (AvgIpc) is 1.98. The van der Waals surface area contributed by atoms with E-state index in [4.69, 9.17) is 5.73 Å². The first-order chi connectivity index (χ1) is 5.24. The normalized spacial score (nSPS) is 39.0. The molecule has 0 aromatic heterocycles. The van der Waals surface area contributed by atoms with Crippen molar-refractivity contribution >= 4 is 0 Å². The monoisotopic (exact) mass is 155 g/mol. The molecule has 2 N–H and O–H groups in total. The predicted molar refractivity (Wildman–Crippen MR) is 49.4 cm³/mol. The third-order valence-electron chi connectivity index (χ3n) is 3.06. The van der Waals surface area contributed by atoms with Gasteiger partial charge in [0.05, 0.1) is 0 Å². The molecule has 0 radical (unpaired) electrons. The van der Waals surface area contributed by atoms with Crippen LogP contribution < -0.4 is 5.73 Å². The van der Waals surface area contributed by atoms with Gasteiger partial charge in [-0.25, -0.2) is 0 Å². The maximum atomic E-state index is 6.00. The molecule has 3 atom stereocenters. The second-order valence-corrected chi connectivity index (χ2v) is 4.11. The van der Waals surface area contributed by atoms with Crippen molar-refractivity contribution in [3.63, 3.8) is 0 Å². The zero-order valence-corrected chi connectivity index (χ0v) is 7.84. The third kappa shape index (κ3) is 2.48. The molecular formula is C10H21N. The molecule has 0 aliphatic heterocycles. The zero-order chi connectivity index (χ0) is 8.27. The van der Waals surface area contributed by atoms with Gasteiger partial charge in [-0.2, -0.15) is 0 Å². The lowest BCUT2D eigenvalue weighted by Crippen LogP contribution is -2.34. The smallest absolute Gasteiger partial charge is 0.00671 e. The van der Waals surface area contributed by atoms with Gasteiger partial charge in [-0.1, -0.05) is 33.1 Å². The minimum absolute atomic E-state index is 0.486. The maximum Gasteiger partial charge on any atom is 0.00671 e. The molecule has 0 aromatic carbocycles. The van der Waals surface area contributed by atoms with Crippen molar-refractivity contribution in [2.75, 3.05) is 0 Å². The maximum absolute atomic E-state index is 6.00. The summed E-state index contributed by atoms with van der Waals surface area (Å²) in [5.74, 6) is 1.70. The van der Waals surface area contributed by atoms with E-state index in [-0.39, 0.29) is 0 Å². The van der Waals surface area contributed by atoms with Crippen molar-refractivity contribution in [1.82, 2.24) is 0 Å². The Bertz CT molecular complexity index is 111. The Morgan fingerprint density at radius 2 is 2.09 bits per heavy atom. The first kappa shape index (κ1) is 9.05. The lowest BCUT2D eigenvalue weighted by atomic mass is 9.78. The van der Waals surface area contributed by atoms with E-state index in [0.717, 1.165) is 11.8 Å². The molecule has 11 heavy (non-hydrogen) atoms. The molecule has 0 amide bonds. The van der Waals surface area contributed by atoms with Crippen LogP contribution in [0.4, 0.5) is 0 Å². The van der Waals surface area contributed by atoms with E-state index in [1.54, 1.807) is 0 Å². The summed E-state index contributed by atoms with van der Waals surface area (Å²) in [4.78, 5) is 0. The minimum atomic E-state index is 0.486. The molecule has 0 bridgehead atoms. The second kappa shape index (κ2) is 4.10. The molecule has 0 heterocycles. The van der Waals surface area contributed by atoms with Crippen molar-refractivity contribution in [3.8, 4) is 0 Å². The summed E-state index contributed by atoms with van der Waals surface area (Å²) in [5.41, 5.74) is 6.00. The largest absolute Gasteiger partial charge is 0.327 e. The van der Waals surface area contributed by atoms with Crippen molar-refractivity contribution in [3.05, 3.63) is 0 Å². The van der Waals surface area contributed by atoms with Crippen molar-refractivity contribution in [2.24, 2.45) is 17.6 Å². The standard InChI is InChI=1S/C10H21N/c1-3-4-9-6-5-8(2)10(11)7-9/h8-10H,3-7,11H2,1-2H3/t8-,9-,10-/m0/s1. The summed E-state index contributed by atoms with van der Waals surface area (Å²) in [6.07, 6.45) is 6.76. The van der Waals surface area contributed by atoms with Gasteiger partial charge < -0.3 is 5.73 Å². The van der Waals surface area contributed by atoms with Crippen LogP contribution in [-0.4, -0.2) is 6.04 Å². The van der Waals surface area contributed by atoms with Crippen molar-refractivity contribution < 1.29 is 0 Å². The lowest BCUT2D eigenvalue weighted by molar-refractivity contribution is 0.241. The molecule has 0 unspecified atom stereocenters. The van der Waals surface area contributed by atoms with Gasteiger partial charge in [-0.3, -0.25) is 0 Å². The number of nitrogens with two attached hydrogens (primary N) is 1. The summed E-state index contributed by atoms with van der Waals surface area (Å²) in [6.45, 7) is 4.55. The molecule has 1 nitrogen and oxygen atoms in total. The van der Waals surface area contributed by atoms with E-state index >= 15 is 0 Å². The Kier molecular flexibility index (Phi) is 3.38. The Hall–Kier alpha value is -0.0400. The molecule has 0 saturated heterocycles. The predicted octanol–water partition coefficient (Wildman–Crippen LogP) is 2.55. The quantitative estimate of drug-likeness (QED) is 0.651. The number of rotatable bonds is 2. The highest BCUT2D eigenvalue weighted by Crippen LogP contribution is 2.30. The van der Waals surface area contributed by atoms with E-state index in [0.29, 0.717) is 6.04 Å². The number of hydrogen-bond acceptors (Lipinski definition) is 1. The Morgan fingerprint density at radius 1 is 1.36 bits per heavy atom. The van der Waals surface area contributed by atoms with Crippen molar-refractivity contribution in [1.29, 1.82) is 0 Å². The van der Waals surface area contributed by atoms with Crippen LogP contribution in [0, 0.1) is 11.8 Å². The van der Waals surface area contributed by atoms with Crippen molar-refractivity contribution in [2.45, 2.75) is 52.0 Å². The summed E-state index contributed by atoms with van der Waals surface area (Å²) >= 11 is 0. The lowest BCUT2D eigenvalue weighted by Gasteiger charge is -2.31. The van der Waals surface area contributed by atoms with Gasteiger partial charge in [-0.15, -0.1) is 0 Å². The summed E-state index contributed by atoms with van der Waals surface area (Å²) in [7, 11) is 0. The highest BCUT2D eigenvalue weighted by atomic mass is 14.7. The fraction of sp³-hybridized carbons (Fsp3) is 1.00. The Labute approximate surface area is 70.4 Å². The second-order valence-electron chi connectivity index (χ2n) is 4.11. The van der Waals surface area contributed by atoms with Crippen LogP contribution in [0.3, 0.4) is 0 Å². The van der Waals surface area contributed by atoms with Crippen LogP contribution in [0.5, 0.6) is 0 Å². The highest BCUT2D eigenvalue weighted by Gasteiger charge is 2.23. The SMILES string of the molecule is CCC[C@H]1CC[C@H](C)[C@@H](N)C1. The van der Waals surface area contributed by atoms with Crippen LogP contribution in [0.25, 0.3) is 0 Å². The molecule has 1 fully saturated rings. The van der Waals surface area contributed by atoms with Crippen LogP contribution in [-0.2, 0) is 0 Å². The zero-order valence-electron chi connectivity index (χ0n) is 7.84. The highest BCUT2D eigenvalue weighted by molar-refractivity contribution is 4.79. The topological polar surface area (TPSA) is 26.0 Å². The Morgan fingerprint density at radius 3 is 2.64 bits per heavy atom. The molecule has 1 saturated carbocycles. The number of hydrogen-bond donors (Lipinski definition) is 1. The molecule has 1 heteroatoms. The van der Waals surface area contributed by atoms with E-state index in [2.05, 4.69) is 13.8 Å². The van der Waals surface area contributed by atoms with Gasteiger partial charge in [0, 0.05) is 6.04 Å². The van der Waals surface area contributed by atoms with E-state index in [1.807, 2.05) is 0 Å². The molecule has 0 aromatic rings. The van der Waals surface area contributed by atoms with Gasteiger partial charge in [0.2, 0.25) is 0 Å². The van der Waals surface area contributed by atoms with Gasteiger partial charge in [0.15, 0.2) is 0 Å². The molecule has 66 valence electrons. The van der Waals surface area contributed by atoms with Crippen LogP contribution in [0.15, 0.2) is 0 Å².